The molecule has 2 aliphatic heterocycles. The van der Waals surface area contributed by atoms with E-state index in [0.29, 0.717) is 17.8 Å². The number of hydrogen-bond donors (Lipinski definition) is 0. The molecule has 1 unspecified atom stereocenters. The molecule has 0 aliphatic carbocycles. The van der Waals surface area contributed by atoms with Gasteiger partial charge in [-0.05, 0) is 43.2 Å². The average Bonchev–Trinajstić information content (AvgIpc) is 3.19. The second kappa shape index (κ2) is 10.3. The van der Waals surface area contributed by atoms with Crippen molar-refractivity contribution in [1.29, 1.82) is 0 Å². The predicted octanol–water partition coefficient (Wildman–Crippen LogP) is 4.00. The molecule has 0 aromatic heterocycles. The quantitative estimate of drug-likeness (QED) is 0.392. The van der Waals surface area contributed by atoms with E-state index in [1.807, 2.05) is 6.92 Å². The lowest BCUT2D eigenvalue weighted by atomic mass is 9.68. The second-order valence-electron chi connectivity index (χ2n) is 8.98. The number of anilines is 1. The minimum atomic E-state index is -4.14. The van der Waals surface area contributed by atoms with Gasteiger partial charge in [0.05, 0.1) is 41.5 Å². The summed E-state index contributed by atoms with van der Waals surface area (Å²) < 4.78 is 40.0. The van der Waals surface area contributed by atoms with Crippen LogP contribution in [0.5, 0.6) is 0 Å². The molecule has 1 spiro atoms. The monoisotopic (exact) mass is 534 g/mol. The number of carbonyl (C=O) groups excluding carboxylic acids is 2. The lowest BCUT2D eigenvalue weighted by molar-refractivity contribution is -0.142. The highest BCUT2D eigenvalue weighted by Gasteiger charge is 2.58. The SMILES string of the molecule is C=C/C=C1\N(S(=O)(=O)c2ccc(C)cc2)c2ccccc2C12CCN(CC=C)C(C(=O)OC)=C2C(=O)OC. The first kappa shape index (κ1) is 26.9. The molecule has 2 aromatic carbocycles. The van der Waals surface area contributed by atoms with Crippen LogP contribution in [0, 0.1) is 6.92 Å². The Morgan fingerprint density at radius 2 is 1.68 bits per heavy atom. The molecule has 8 nitrogen and oxygen atoms in total. The fraction of sp³-hybridized carbons (Fsp3) is 0.241. The van der Waals surface area contributed by atoms with E-state index in [1.54, 1.807) is 65.6 Å². The van der Waals surface area contributed by atoms with Crippen molar-refractivity contribution in [2.24, 2.45) is 0 Å². The van der Waals surface area contributed by atoms with E-state index in [2.05, 4.69) is 13.2 Å². The van der Waals surface area contributed by atoms with E-state index in [1.165, 1.54) is 24.6 Å². The molecule has 0 bridgehead atoms. The van der Waals surface area contributed by atoms with E-state index < -0.39 is 27.4 Å². The number of sulfonamides is 1. The zero-order valence-electron chi connectivity index (χ0n) is 21.6. The van der Waals surface area contributed by atoms with Crippen LogP contribution in [0.1, 0.15) is 17.5 Å². The van der Waals surface area contributed by atoms with Crippen molar-refractivity contribution in [3.8, 4) is 0 Å². The first-order valence-corrected chi connectivity index (χ1v) is 13.4. The van der Waals surface area contributed by atoms with Crippen LogP contribution in [-0.4, -0.2) is 52.6 Å². The van der Waals surface area contributed by atoms with Crippen molar-refractivity contribution >= 4 is 27.6 Å². The van der Waals surface area contributed by atoms with Crippen molar-refractivity contribution in [2.75, 3.05) is 31.6 Å². The van der Waals surface area contributed by atoms with Crippen molar-refractivity contribution in [3.63, 3.8) is 0 Å². The Hall–Kier alpha value is -4.11. The molecule has 0 fully saturated rings. The van der Waals surface area contributed by atoms with Crippen molar-refractivity contribution in [1.82, 2.24) is 4.90 Å². The van der Waals surface area contributed by atoms with Gasteiger partial charge in [0.15, 0.2) is 0 Å². The van der Waals surface area contributed by atoms with Crippen molar-refractivity contribution in [2.45, 2.75) is 23.7 Å². The minimum Gasteiger partial charge on any atom is -0.466 e. The van der Waals surface area contributed by atoms with Gasteiger partial charge in [-0.25, -0.2) is 22.3 Å². The van der Waals surface area contributed by atoms with E-state index in [0.717, 1.165) is 5.56 Å². The van der Waals surface area contributed by atoms with E-state index in [4.69, 9.17) is 9.47 Å². The third-order valence-corrected chi connectivity index (χ3v) is 8.67. The molecule has 2 heterocycles. The van der Waals surface area contributed by atoms with Gasteiger partial charge in [-0.2, -0.15) is 0 Å². The summed E-state index contributed by atoms with van der Waals surface area (Å²) in [5, 5.41) is 0. The fourth-order valence-corrected chi connectivity index (χ4v) is 6.90. The lowest BCUT2D eigenvalue weighted by Gasteiger charge is -2.42. The van der Waals surface area contributed by atoms with Gasteiger partial charge in [0.1, 0.15) is 5.70 Å². The molecule has 0 amide bonds. The third kappa shape index (κ3) is 4.03. The van der Waals surface area contributed by atoms with Crippen LogP contribution in [0.25, 0.3) is 0 Å². The fourth-order valence-electron chi connectivity index (χ4n) is 5.31. The summed E-state index contributed by atoms with van der Waals surface area (Å²) in [7, 11) is -1.69. The molecule has 0 saturated heterocycles. The van der Waals surface area contributed by atoms with Crippen molar-refractivity contribution < 1.29 is 27.5 Å². The first-order valence-electron chi connectivity index (χ1n) is 12.0. The number of aryl methyl sites for hydroxylation is 1. The standard InChI is InChI=1S/C29H30N2O6S/c1-6-10-24-29(17-19-30(18-7-2)26(28(33)37-5)25(29)27(32)36-4)22-11-8-9-12-23(22)31(24)38(34,35)21-15-13-20(3)14-16-21/h6-16H,1-2,17-19H2,3-5H3/b24-10-. The van der Waals surface area contributed by atoms with E-state index in [-0.39, 0.29) is 34.8 Å². The highest BCUT2D eigenvalue weighted by molar-refractivity contribution is 7.93. The number of benzene rings is 2. The average molecular weight is 535 g/mol. The van der Waals surface area contributed by atoms with Gasteiger partial charge in [-0.15, -0.1) is 6.58 Å². The number of hydrogen-bond acceptors (Lipinski definition) is 7. The maximum absolute atomic E-state index is 14.2. The van der Waals surface area contributed by atoms with Gasteiger partial charge in [-0.1, -0.05) is 54.6 Å². The normalized spacial score (nSPS) is 19.9. The number of esters is 2. The summed E-state index contributed by atoms with van der Waals surface area (Å²) in [4.78, 5) is 28.6. The zero-order chi connectivity index (χ0) is 27.7. The van der Waals surface area contributed by atoms with Gasteiger partial charge < -0.3 is 14.4 Å². The Balaban J connectivity index is 2.13. The van der Waals surface area contributed by atoms with Crippen molar-refractivity contribution in [3.05, 3.63) is 108 Å². The van der Waals surface area contributed by atoms with Gasteiger partial charge in [0.25, 0.3) is 10.0 Å². The molecule has 0 N–H and O–H groups in total. The number of fused-ring (bicyclic) bond motifs is 2. The molecule has 38 heavy (non-hydrogen) atoms. The number of ether oxygens (including phenoxy) is 2. The summed E-state index contributed by atoms with van der Waals surface area (Å²) in [6.07, 6.45) is 4.95. The molecular weight excluding hydrogens is 504 g/mol. The first-order chi connectivity index (χ1) is 18.2. The van der Waals surface area contributed by atoms with Crippen LogP contribution in [0.2, 0.25) is 0 Å². The van der Waals surface area contributed by atoms with Crippen LogP contribution in [0.3, 0.4) is 0 Å². The Bertz CT molecular complexity index is 1470. The molecule has 4 rings (SSSR count). The molecule has 0 radical (unpaired) electrons. The number of allylic oxidation sites excluding steroid dienone is 3. The predicted molar refractivity (Wildman–Crippen MR) is 145 cm³/mol. The van der Waals surface area contributed by atoms with Gasteiger partial charge in [0, 0.05) is 13.1 Å². The number of rotatable bonds is 7. The van der Waals surface area contributed by atoms with Gasteiger partial charge in [0.2, 0.25) is 0 Å². The largest absolute Gasteiger partial charge is 0.466 e. The summed E-state index contributed by atoms with van der Waals surface area (Å²) in [6.45, 7) is 10.1. The molecule has 198 valence electrons. The number of carbonyl (C=O) groups is 2. The van der Waals surface area contributed by atoms with Crippen LogP contribution >= 0.6 is 0 Å². The smallest absolute Gasteiger partial charge is 0.354 e. The molecule has 9 heteroatoms. The van der Waals surface area contributed by atoms with Crippen LogP contribution < -0.4 is 4.31 Å². The number of methoxy groups -OCH3 is 2. The maximum atomic E-state index is 14.2. The lowest BCUT2D eigenvalue weighted by Crippen LogP contribution is -2.48. The highest BCUT2D eigenvalue weighted by atomic mass is 32.2. The maximum Gasteiger partial charge on any atom is 0.354 e. The Kier molecular flexibility index (Phi) is 7.33. The zero-order valence-corrected chi connectivity index (χ0v) is 22.5. The second-order valence-corrected chi connectivity index (χ2v) is 10.8. The highest BCUT2D eigenvalue weighted by Crippen LogP contribution is 2.58. The topological polar surface area (TPSA) is 93.2 Å². The van der Waals surface area contributed by atoms with Gasteiger partial charge >= 0.3 is 11.9 Å². The molecule has 2 aliphatic rings. The van der Waals surface area contributed by atoms with Crippen LogP contribution in [0.4, 0.5) is 5.69 Å². The molecule has 1 atom stereocenters. The Labute approximate surface area is 223 Å². The van der Waals surface area contributed by atoms with Crippen LogP contribution in [-0.2, 0) is 34.5 Å². The Morgan fingerprint density at radius 3 is 2.29 bits per heavy atom. The number of para-hydroxylation sites is 1. The minimum absolute atomic E-state index is 0.00195. The molecule has 2 aromatic rings. The summed E-state index contributed by atoms with van der Waals surface area (Å²) in [6, 6.07) is 13.5. The summed E-state index contributed by atoms with van der Waals surface area (Å²) in [5.74, 6) is -1.50. The summed E-state index contributed by atoms with van der Waals surface area (Å²) >= 11 is 0. The third-order valence-electron chi connectivity index (χ3n) is 6.93. The van der Waals surface area contributed by atoms with E-state index >= 15 is 0 Å². The van der Waals surface area contributed by atoms with Gasteiger partial charge in [-0.3, -0.25) is 0 Å². The van der Waals surface area contributed by atoms with E-state index in [9.17, 15) is 18.0 Å². The number of nitrogens with zero attached hydrogens (tertiary/aromatic N) is 2. The Morgan fingerprint density at radius 1 is 1.03 bits per heavy atom. The van der Waals surface area contributed by atoms with Crippen LogP contribution in [0.15, 0.2) is 102 Å². The molecular formula is C29H30N2O6S. The molecule has 0 saturated carbocycles. The summed E-state index contributed by atoms with van der Waals surface area (Å²) in [5.41, 5.74) is 0.794.